The van der Waals surface area contributed by atoms with Crippen molar-refractivity contribution in [3.8, 4) is 6.07 Å². The van der Waals surface area contributed by atoms with Gasteiger partial charge in [-0.3, -0.25) is 4.79 Å². The van der Waals surface area contributed by atoms with Crippen molar-refractivity contribution in [1.29, 1.82) is 5.26 Å². The number of amides is 1. The van der Waals surface area contributed by atoms with E-state index < -0.39 is 11.9 Å². The van der Waals surface area contributed by atoms with Crippen LogP contribution in [0.15, 0.2) is 70.4 Å². The highest BCUT2D eigenvalue weighted by molar-refractivity contribution is 8.03. The first kappa shape index (κ1) is 24.4. The van der Waals surface area contributed by atoms with Gasteiger partial charge in [-0.05, 0) is 44.0 Å². The van der Waals surface area contributed by atoms with Crippen LogP contribution in [-0.4, -0.2) is 24.2 Å². The summed E-state index contributed by atoms with van der Waals surface area (Å²) in [6.07, 6.45) is 0. The molecule has 170 valence electrons. The fourth-order valence-electron chi connectivity index (χ4n) is 3.56. The molecule has 1 heterocycles. The zero-order valence-electron chi connectivity index (χ0n) is 18.6. The molecule has 2 aromatic carbocycles. The minimum atomic E-state index is -0.703. The first-order chi connectivity index (χ1) is 15.9. The predicted molar refractivity (Wildman–Crippen MR) is 132 cm³/mol. The van der Waals surface area contributed by atoms with E-state index in [0.717, 1.165) is 11.3 Å². The number of anilines is 1. The molecule has 2 aromatic rings. The van der Waals surface area contributed by atoms with Gasteiger partial charge < -0.3 is 15.4 Å². The third-order valence-electron chi connectivity index (χ3n) is 5.13. The average molecular weight is 482 g/mol. The van der Waals surface area contributed by atoms with Gasteiger partial charge in [0.2, 0.25) is 5.91 Å². The van der Waals surface area contributed by atoms with Crippen LogP contribution < -0.4 is 10.6 Å². The summed E-state index contributed by atoms with van der Waals surface area (Å²) in [6.45, 7) is 5.60. The number of carbonyl (C=O) groups excluding carboxylic acids is 2. The molecule has 1 amide bonds. The number of allylic oxidation sites excluding steroid dienone is 2. The number of dihydropyridines is 1. The molecule has 6 nitrogen and oxygen atoms in total. The van der Waals surface area contributed by atoms with Gasteiger partial charge in [0.05, 0.1) is 40.5 Å². The van der Waals surface area contributed by atoms with Gasteiger partial charge in [0.1, 0.15) is 0 Å². The van der Waals surface area contributed by atoms with E-state index >= 15 is 0 Å². The second-order valence-corrected chi connectivity index (χ2v) is 8.74. The SMILES string of the molecule is CCOC(=O)C1=C(C)NC(SCC(=O)Nc2ccccc2C)=C(C#N)[C@@H]1c1ccccc1Cl. The number of thioether (sulfide) groups is 1. The van der Waals surface area contributed by atoms with Gasteiger partial charge in [0.15, 0.2) is 0 Å². The number of hydrogen-bond acceptors (Lipinski definition) is 6. The molecular weight excluding hydrogens is 458 g/mol. The van der Waals surface area contributed by atoms with E-state index in [1.165, 1.54) is 11.8 Å². The van der Waals surface area contributed by atoms with Crippen molar-refractivity contribution in [2.75, 3.05) is 17.7 Å². The lowest BCUT2D eigenvalue weighted by Crippen LogP contribution is -2.29. The second-order valence-electron chi connectivity index (χ2n) is 7.35. The Hall–Kier alpha value is -3.21. The van der Waals surface area contributed by atoms with Gasteiger partial charge in [-0.1, -0.05) is 59.8 Å². The molecule has 1 aliphatic rings. The third kappa shape index (κ3) is 5.59. The predicted octanol–water partition coefficient (Wildman–Crippen LogP) is 5.28. The summed E-state index contributed by atoms with van der Waals surface area (Å²) in [6, 6.07) is 16.8. The number of benzene rings is 2. The summed E-state index contributed by atoms with van der Waals surface area (Å²) in [4.78, 5) is 25.4. The van der Waals surface area contributed by atoms with Crippen molar-refractivity contribution in [2.45, 2.75) is 26.7 Å². The highest BCUT2D eigenvalue weighted by atomic mass is 35.5. The van der Waals surface area contributed by atoms with Crippen LogP contribution in [0.2, 0.25) is 5.02 Å². The molecule has 0 unspecified atom stereocenters. The standard InChI is InChI=1S/C25H24ClN3O3S/c1-4-32-25(31)22-16(3)28-24(18(13-27)23(22)17-10-6-7-11-19(17)26)33-14-21(30)29-20-12-8-5-9-15(20)2/h5-12,23,28H,4,14H2,1-3H3,(H,29,30)/t23-/m0/s1. The molecular formula is C25H24ClN3O3S. The highest BCUT2D eigenvalue weighted by Gasteiger charge is 2.36. The van der Waals surface area contributed by atoms with Crippen molar-refractivity contribution in [2.24, 2.45) is 0 Å². The van der Waals surface area contributed by atoms with Crippen LogP contribution in [0.5, 0.6) is 0 Å². The summed E-state index contributed by atoms with van der Waals surface area (Å²) < 4.78 is 5.26. The molecule has 0 saturated heterocycles. The molecule has 1 atom stereocenters. The fraction of sp³-hybridized carbons (Fsp3) is 0.240. The lowest BCUT2D eigenvalue weighted by atomic mass is 9.82. The van der Waals surface area contributed by atoms with Crippen LogP contribution in [0.3, 0.4) is 0 Å². The fourth-order valence-corrected chi connectivity index (χ4v) is 4.70. The van der Waals surface area contributed by atoms with Crippen molar-refractivity contribution in [1.82, 2.24) is 5.32 Å². The van der Waals surface area contributed by atoms with Gasteiger partial charge >= 0.3 is 5.97 Å². The van der Waals surface area contributed by atoms with E-state index in [2.05, 4.69) is 16.7 Å². The van der Waals surface area contributed by atoms with Gasteiger partial charge in [-0.25, -0.2) is 4.79 Å². The van der Waals surface area contributed by atoms with Crippen LogP contribution in [0, 0.1) is 18.3 Å². The minimum absolute atomic E-state index is 0.0824. The lowest BCUT2D eigenvalue weighted by molar-refractivity contribution is -0.138. The minimum Gasteiger partial charge on any atom is -0.463 e. The molecule has 0 aliphatic carbocycles. The highest BCUT2D eigenvalue weighted by Crippen LogP contribution is 2.43. The van der Waals surface area contributed by atoms with Crippen molar-refractivity contribution in [3.05, 3.63) is 86.6 Å². The van der Waals surface area contributed by atoms with Crippen LogP contribution in [-0.2, 0) is 14.3 Å². The van der Waals surface area contributed by atoms with Gasteiger partial charge in [0.25, 0.3) is 0 Å². The Labute approximate surface area is 202 Å². The van der Waals surface area contributed by atoms with E-state index in [0.29, 0.717) is 32.5 Å². The molecule has 2 N–H and O–H groups in total. The summed E-state index contributed by atoms with van der Waals surface area (Å²) in [5, 5.41) is 17.0. The maximum atomic E-state index is 12.8. The van der Waals surface area contributed by atoms with Gasteiger partial charge in [-0.2, -0.15) is 5.26 Å². The number of halogens is 1. The Kier molecular flexibility index (Phi) is 8.21. The van der Waals surface area contributed by atoms with E-state index in [1.807, 2.05) is 31.2 Å². The number of para-hydroxylation sites is 1. The molecule has 0 bridgehead atoms. The van der Waals surface area contributed by atoms with Gasteiger partial charge in [-0.15, -0.1) is 0 Å². The van der Waals surface area contributed by atoms with Crippen LogP contribution in [0.1, 0.15) is 30.9 Å². The number of nitriles is 1. The van der Waals surface area contributed by atoms with Crippen molar-refractivity contribution < 1.29 is 14.3 Å². The lowest BCUT2D eigenvalue weighted by Gasteiger charge is -2.29. The number of nitrogens with one attached hydrogen (secondary N) is 2. The van der Waals surface area contributed by atoms with Crippen LogP contribution >= 0.6 is 23.4 Å². The zero-order valence-corrected chi connectivity index (χ0v) is 20.1. The second kappa shape index (κ2) is 11.1. The first-order valence-corrected chi connectivity index (χ1v) is 11.8. The zero-order chi connectivity index (χ0) is 24.0. The Bertz CT molecular complexity index is 1180. The molecule has 0 aromatic heterocycles. The molecule has 3 rings (SSSR count). The Morgan fingerprint density at radius 3 is 2.55 bits per heavy atom. The number of carbonyl (C=O) groups is 2. The average Bonchev–Trinajstić information content (AvgIpc) is 2.79. The summed E-state index contributed by atoms with van der Waals surface area (Å²) in [7, 11) is 0. The molecule has 1 aliphatic heterocycles. The maximum absolute atomic E-state index is 12.8. The third-order valence-corrected chi connectivity index (χ3v) is 6.49. The smallest absolute Gasteiger partial charge is 0.336 e. The van der Waals surface area contributed by atoms with E-state index in [4.69, 9.17) is 16.3 Å². The quantitative estimate of drug-likeness (QED) is 0.523. The number of nitrogens with zero attached hydrogens (tertiary/aromatic N) is 1. The molecule has 33 heavy (non-hydrogen) atoms. The van der Waals surface area contributed by atoms with Crippen molar-refractivity contribution >= 4 is 40.9 Å². The van der Waals surface area contributed by atoms with Gasteiger partial charge in [0, 0.05) is 16.4 Å². The van der Waals surface area contributed by atoms with Crippen LogP contribution in [0.4, 0.5) is 5.69 Å². The Morgan fingerprint density at radius 1 is 1.18 bits per heavy atom. The molecule has 8 heteroatoms. The van der Waals surface area contributed by atoms with Crippen molar-refractivity contribution in [3.63, 3.8) is 0 Å². The monoisotopic (exact) mass is 481 g/mol. The number of rotatable bonds is 7. The number of hydrogen-bond donors (Lipinski definition) is 2. The first-order valence-electron chi connectivity index (χ1n) is 10.4. The molecule has 0 radical (unpaired) electrons. The molecule has 0 spiro atoms. The summed E-state index contributed by atoms with van der Waals surface area (Å²) >= 11 is 7.66. The largest absolute Gasteiger partial charge is 0.463 e. The number of aryl methyl sites for hydroxylation is 1. The molecule has 0 saturated carbocycles. The van der Waals surface area contributed by atoms with E-state index in [1.54, 1.807) is 38.1 Å². The topological polar surface area (TPSA) is 91.2 Å². The molecule has 0 fully saturated rings. The number of esters is 1. The summed E-state index contributed by atoms with van der Waals surface area (Å²) in [5.74, 6) is -1.33. The van der Waals surface area contributed by atoms with E-state index in [9.17, 15) is 14.9 Å². The Morgan fingerprint density at radius 2 is 1.88 bits per heavy atom. The maximum Gasteiger partial charge on any atom is 0.336 e. The number of ether oxygens (including phenoxy) is 1. The summed E-state index contributed by atoms with van der Waals surface area (Å²) in [5.41, 5.74) is 3.52. The Balaban J connectivity index is 1.92. The van der Waals surface area contributed by atoms with E-state index in [-0.39, 0.29) is 18.3 Å². The normalized spacial score (nSPS) is 15.5. The van der Waals surface area contributed by atoms with Crippen LogP contribution in [0.25, 0.3) is 0 Å².